The summed E-state index contributed by atoms with van der Waals surface area (Å²) >= 11 is 0. The first kappa shape index (κ1) is 21.2. The van der Waals surface area contributed by atoms with E-state index in [2.05, 4.69) is 19.9 Å². The van der Waals surface area contributed by atoms with Crippen LogP contribution in [-0.2, 0) is 9.84 Å². The summed E-state index contributed by atoms with van der Waals surface area (Å²) in [5, 5.41) is 0. The van der Waals surface area contributed by atoms with E-state index in [0.717, 1.165) is 18.4 Å². The van der Waals surface area contributed by atoms with Crippen LogP contribution in [0.15, 0.2) is 72.0 Å². The van der Waals surface area contributed by atoms with Crippen molar-refractivity contribution in [3.05, 3.63) is 78.8 Å². The van der Waals surface area contributed by atoms with Crippen molar-refractivity contribution in [2.75, 3.05) is 6.26 Å². The van der Waals surface area contributed by atoms with Crippen molar-refractivity contribution >= 4 is 9.84 Å². The highest BCUT2D eigenvalue weighted by Gasteiger charge is 2.10. The fourth-order valence-electron chi connectivity index (χ4n) is 2.56. The Morgan fingerprint density at radius 3 is 2.09 bits per heavy atom. The molecule has 4 rings (SSSR count). The fourth-order valence-corrected chi connectivity index (χ4v) is 3.19. The highest BCUT2D eigenvalue weighted by Crippen LogP contribution is 2.24. The van der Waals surface area contributed by atoms with E-state index < -0.39 is 21.5 Å². The molecule has 2 aromatic carbocycles. The monoisotopic (exact) mass is 456 g/mol. The molecule has 0 bridgehead atoms. The minimum absolute atomic E-state index is 0.0444. The molecule has 2 aromatic heterocycles. The summed E-state index contributed by atoms with van der Waals surface area (Å²) in [6, 6.07) is 10.5. The Kier molecular flexibility index (Phi) is 5.73. The van der Waals surface area contributed by atoms with Gasteiger partial charge in [-0.25, -0.2) is 32.2 Å². The van der Waals surface area contributed by atoms with Crippen LogP contribution in [0.1, 0.15) is 0 Å². The van der Waals surface area contributed by atoms with Gasteiger partial charge in [0.2, 0.25) is 0 Å². The predicted octanol–water partition coefficient (Wildman–Crippen LogP) is 4.20. The van der Waals surface area contributed by atoms with Crippen molar-refractivity contribution in [3.8, 4) is 34.8 Å². The number of benzene rings is 2. The Morgan fingerprint density at radius 2 is 1.44 bits per heavy atom. The Hall–Kier alpha value is -3.99. The second-order valence-electron chi connectivity index (χ2n) is 6.50. The third-order valence-electron chi connectivity index (χ3n) is 4.12. The molecule has 0 radical (unpaired) electrons. The van der Waals surface area contributed by atoms with Crippen LogP contribution < -0.4 is 9.47 Å². The van der Waals surface area contributed by atoms with Gasteiger partial charge >= 0.3 is 12.0 Å². The molecule has 0 saturated carbocycles. The van der Waals surface area contributed by atoms with Crippen LogP contribution in [0.3, 0.4) is 0 Å². The first-order chi connectivity index (χ1) is 15.3. The lowest BCUT2D eigenvalue weighted by Gasteiger charge is -2.07. The summed E-state index contributed by atoms with van der Waals surface area (Å²) < 4.78 is 60.3. The molecule has 0 atom stereocenters. The van der Waals surface area contributed by atoms with Crippen molar-refractivity contribution < 1.29 is 26.7 Å². The molecule has 0 saturated heterocycles. The standard InChI is InChI=1S/C21H14F2N4O4S/c1-32(28,29)16-5-2-14(3-6-16)30-20-25-11-13(12-26-20)19-8-9-24-21(27-19)31-15-4-7-17(22)18(23)10-15/h2-12H,1H3. The number of nitrogens with zero attached hydrogens (tertiary/aromatic N) is 4. The smallest absolute Gasteiger partial charge is 0.322 e. The Labute approximate surface area is 181 Å². The lowest BCUT2D eigenvalue weighted by atomic mass is 10.2. The Bertz CT molecular complexity index is 1370. The van der Waals surface area contributed by atoms with Gasteiger partial charge in [-0.2, -0.15) is 4.98 Å². The molecular formula is C21H14F2N4O4S. The average Bonchev–Trinajstić information content (AvgIpc) is 2.77. The molecule has 0 amide bonds. The zero-order chi connectivity index (χ0) is 22.7. The van der Waals surface area contributed by atoms with Crippen molar-refractivity contribution in [1.82, 2.24) is 19.9 Å². The van der Waals surface area contributed by atoms with Crippen LogP contribution in [-0.4, -0.2) is 34.6 Å². The van der Waals surface area contributed by atoms with Gasteiger partial charge in [-0.05, 0) is 42.5 Å². The topological polar surface area (TPSA) is 104 Å². The molecule has 0 fully saturated rings. The van der Waals surface area contributed by atoms with E-state index in [9.17, 15) is 17.2 Å². The maximum atomic E-state index is 13.3. The Morgan fingerprint density at radius 1 is 0.781 bits per heavy atom. The number of hydrogen-bond donors (Lipinski definition) is 0. The second-order valence-corrected chi connectivity index (χ2v) is 8.52. The molecule has 0 aliphatic carbocycles. The van der Waals surface area contributed by atoms with Gasteiger partial charge in [-0.15, -0.1) is 0 Å². The molecule has 8 nitrogen and oxygen atoms in total. The van der Waals surface area contributed by atoms with Crippen molar-refractivity contribution in [1.29, 1.82) is 0 Å². The summed E-state index contributed by atoms with van der Waals surface area (Å²) in [7, 11) is -3.30. The van der Waals surface area contributed by atoms with Gasteiger partial charge in [0.05, 0.1) is 10.6 Å². The molecule has 0 unspecified atom stereocenters. The van der Waals surface area contributed by atoms with Crippen molar-refractivity contribution in [2.45, 2.75) is 4.90 Å². The largest absolute Gasteiger partial charge is 0.424 e. The minimum atomic E-state index is -3.30. The molecule has 4 aromatic rings. The number of ether oxygens (including phenoxy) is 2. The zero-order valence-electron chi connectivity index (χ0n) is 16.4. The molecule has 0 aliphatic rings. The van der Waals surface area contributed by atoms with Gasteiger partial charge in [0.15, 0.2) is 21.5 Å². The highest BCUT2D eigenvalue weighted by molar-refractivity contribution is 7.90. The van der Waals surface area contributed by atoms with E-state index in [-0.39, 0.29) is 22.7 Å². The van der Waals surface area contributed by atoms with Crippen molar-refractivity contribution in [2.24, 2.45) is 0 Å². The summed E-state index contributed by atoms with van der Waals surface area (Å²) in [6.45, 7) is 0. The molecule has 162 valence electrons. The number of hydrogen-bond acceptors (Lipinski definition) is 8. The van der Waals surface area contributed by atoms with E-state index in [1.165, 1.54) is 48.9 Å². The molecule has 0 aliphatic heterocycles. The van der Waals surface area contributed by atoms with E-state index in [1.807, 2.05) is 0 Å². The number of aromatic nitrogens is 4. The van der Waals surface area contributed by atoms with Crippen LogP contribution in [0.5, 0.6) is 23.5 Å². The molecule has 0 spiro atoms. The number of rotatable bonds is 6. The third kappa shape index (κ3) is 5.01. The number of halogens is 2. The first-order valence-corrected chi connectivity index (χ1v) is 10.9. The maximum Gasteiger partial charge on any atom is 0.322 e. The lowest BCUT2D eigenvalue weighted by molar-refractivity contribution is 0.431. The molecule has 11 heteroatoms. The van der Waals surface area contributed by atoms with Gasteiger partial charge in [0.1, 0.15) is 11.5 Å². The predicted molar refractivity (Wildman–Crippen MR) is 109 cm³/mol. The van der Waals surface area contributed by atoms with Gasteiger partial charge < -0.3 is 9.47 Å². The summed E-state index contributed by atoms with van der Waals surface area (Å²) in [6.07, 6.45) is 5.49. The van der Waals surface area contributed by atoms with Crippen LogP contribution in [0.4, 0.5) is 8.78 Å². The lowest BCUT2D eigenvalue weighted by Crippen LogP contribution is -1.97. The Balaban J connectivity index is 1.48. The second kappa shape index (κ2) is 8.63. The summed E-state index contributed by atoms with van der Waals surface area (Å²) in [5.74, 6) is -1.62. The number of sulfone groups is 1. The maximum absolute atomic E-state index is 13.3. The SMILES string of the molecule is CS(=O)(=O)c1ccc(Oc2ncc(-c3ccnc(Oc4ccc(F)c(F)c4)n3)cn2)cc1. The van der Waals surface area contributed by atoms with Crippen LogP contribution in [0.25, 0.3) is 11.3 Å². The highest BCUT2D eigenvalue weighted by atomic mass is 32.2. The fraction of sp³-hybridized carbons (Fsp3) is 0.0476. The van der Waals surface area contributed by atoms with E-state index in [1.54, 1.807) is 6.07 Å². The molecule has 32 heavy (non-hydrogen) atoms. The van der Waals surface area contributed by atoms with Crippen LogP contribution in [0, 0.1) is 11.6 Å². The normalized spacial score (nSPS) is 11.2. The third-order valence-corrected chi connectivity index (χ3v) is 5.25. The van der Waals surface area contributed by atoms with E-state index in [4.69, 9.17) is 9.47 Å². The van der Waals surface area contributed by atoms with Crippen LogP contribution in [0.2, 0.25) is 0 Å². The van der Waals surface area contributed by atoms with Crippen LogP contribution >= 0.6 is 0 Å². The summed E-state index contributed by atoms with van der Waals surface area (Å²) in [4.78, 5) is 16.6. The first-order valence-electron chi connectivity index (χ1n) is 9.04. The van der Waals surface area contributed by atoms with Gasteiger partial charge in [-0.3, -0.25) is 0 Å². The van der Waals surface area contributed by atoms with E-state index in [0.29, 0.717) is 17.0 Å². The molecule has 2 heterocycles. The zero-order valence-corrected chi connectivity index (χ0v) is 17.3. The van der Waals surface area contributed by atoms with Gasteiger partial charge in [0, 0.05) is 36.5 Å². The van der Waals surface area contributed by atoms with Gasteiger partial charge in [-0.1, -0.05) is 0 Å². The summed E-state index contributed by atoms with van der Waals surface area (Å²) in [5.41, 5.74) is 0.962. The molecule has 0 N–H and O–H groups in total. The van der Waals surface area contributed by atoms with Crippen molar-refractivity contribution in [3.63, 3.8) is 0 Å². The average molecular weight is 456 g/mol. The van der Waals surface area contributed by atoms with E-state index >= 15 is 0 Å². The molecular weight excluding hydrogens is 442 g/mol. The minimum Gasteiger partial charge on any atom is -0.424 e. The quantitative estimate of drug-likeness (QED) is 0.425. The van der Waals surface area contributed by atoms with Gasteiger partial charge in [0.25, 0.3) is 0 Å².